The summed E-state index contributed by atoms with van der Waals surface area (Å²) in [6, 6.07) is 7.39. The number of hydrogen-bond acceptors (Lipinski definition) is 3. The molecule has 2 aromatic rings. The minimum atomic E-state index is -3.33. The Morgan fingerprint density at radius 3 is 2.72 bits per heavy atom. The minimum Gasteiger partial charge on any atom is -0.377 e. The molecule has 1 aromatic heterocycles. The summed E-state index contributed by atoms with van der Waals surface area (Å²) in [6.07, 6.45) is 2.86. The van der Waals surface area contributed by atoms with Crippen molar-refractivity contribution in [1.82, 2.24) is 4.98 Å². The van der Waals surface area contributed by atoms with Gasteiger partial charge in [-0.05, 0) is 30.3 Å². The maximum atomic E-state index is 13.5. The van der Waals surface area contributed by atoms with Gasteiger partial charge in [0, 0.05) is 18.1 Å². The summed E-state index contributed by atoms with van der Waals surface area (Å²) in [5.41, 5.74) is 1.06. The lowest BCUT2D eigenvalue weighted by atomic mass is 10.3. The lowest BCUT2D eigenvalue weighted by Gasteiger charge is -2.08. The second-order valence-corrected chi connectivity index (χ2v) is 5.98. The van der Waals surface area contributed by atoms with E-state index in [-0.39, 0.29) is 10.6 Å². The number of halogens is 1. The first kappa shape index (κ1) is 12.6. The first-order valence-corrected chi connectivity index (χ1v) is 7.22. The van der Waals surface area contributed by atoms with E-state index in [1.54, 1.807) is 6.20 Å². The largest absolute Gasteiger partial charge is 0.377 e. The highest BCUT2D eigenvalue weighted by Crippen LogP contribution is 2.20. The fourth-order valence-electron chi connectivity index (χ4n) is 1.54. The van der Waals surface area contributed by atoms with Crippen LogP contribution in [0.5, 0.6) is 0 Å². The van der Waals surface area contributed by atoms with Crippen LogP contribution >= 0.6 is 0 Å². The Kier molecular flexibility index (Phi) is 3.38. The predicted molar refractivity (Wildman–Crippen MR) is 67.6 cm³/mol. The first-order valence-electron chi connectivity index (χ1n) is 5.32. The lowest BCUT2D eigenvalue weighted by Crippen LogP contribution is -2.04. The monoisotopic (exact) mass is 268 g/mol. The Labute approximate surface area is 105 Å². The van der Waals surface area contributed by atoms with Gasteiger partial charge >= 0.3 is 0 Å². The van der Waals surface area contributed by atoms with E-state index < -0.39 is 15.7 Å². The van der Waals surface area contributed by atoms with Crippen LogP contribution < -0.4 is 5.32 Å². The van der Waals surface area contributed by atoms with Crippen molar-refractivity contribution in [3.05, 3.63) is 48.0 Å². The zero-order valence-corrected chi connectivity index (χ0v) is 10.6. The molecule has 0 aliphatic carbocycles. The van der Waals surface area contributed by atoms with Crippen LogP contribution in [0.25, 0.3) is 0 Å². The van der Waals surface area contributed by atoms with Gasteiger partial charge in [-0.1, -0.05) is 0 Å². The highest BCUT2D eigenvalue weighted by atomic mass is 32.2. The van der Waals surface area contributed by atoms with Crippen LogP contribution in [0.4, 0.5) is 10.1 Å². The van der Waals surface area contributed by atoms with Crippen LogP contribution in [0.15, 0.2) is 41.4 Å². The van der Waals surface area contributed by atoms with Gasteiger partial charge in [-0.15, -0.1) is 0 Å². The molecule has 2 rings (SSSR count). The van der Waals surface area contributed by atoms with Gasteiger partial charge in [0.05, 0.1) is 17.1 Å². The minimum absolute atomic E-state index is 0.0953. The summed E-state index contributed by atoms with van der Waals surface area (Å²) in [6.45, 7) is 0.400. The van der Waals surface area contributed by atoms with Crippen molar-refractivity contribution < 1.29 is 12.8 Å². The van der Waals surface area contributed by atoms with Crippen molar-refractivity contribution in [2.45, 2.75) is 11.4 Å². The fourth-order valence-corrected chi connectivity index (χ4v) is 2.19. The van der Waals surface area contributed by atoms with E-state index in [0.717, 1.165) is 18.0 Å². The molecular formula is C12H13FN2O2S. The molecule has 0 atom stereocenters. The zero-order chi connectivity index (χ0) is 13.2. The van der Waals surface area contributed by atoms with Gasteiger partial charge in [0.15, 0.2) is 9.84 Å². The Morgan fingerprint density at radius 1 is 1.33 bits per heavy atom. The third-order valence-electron chi connectivity index (χ3n) is 2.50. The molecule has 1 heterocycles. The van der Waals surface area contributed by atoms with E-state index >= 15 is 0 Å². The van der Waals surface area contributed by atoms with Gasteiger partial charge in [0.25, 0.3) is 0 Å². The van der Waals surface area contributed by atoms with Crippen molar-refractivity contribution in [3.8, 4) is 0 Å². The molecule has 6 heteroatoms. The number of aromatic amines is 1. The normalized spacial score (nSPS) is 11.4. The quantitative estimate of drug-likeness (QED) is 0.835. The third kappa shape index (κ3) is 2.89. The van der Waals surface area contributed by atoms with Crippen molar-refractivity contribution in [1.29, 1.82) is 0 Å². The molecule has 2 N–H and O–H groups in total. The Bertz CT molecular complexity index is 636. The number of hydrogen-bond donors (Lipinski definition) is 2. The van der Waals surface area contributed by atoms with Crippen molar-refractivity contribution >= 4 is 15.5 Å². The van der Waals surface area contributed by atoms with Gasteiger partial charge in [0.1, 0.15) is 5.82 Å². The second-order valence-electron chi connectivity index (χ2n) is 3.96. The van der Waals surface area contributed by atoms with Gasteiger partial charge in [0.2, 0.25) is 0 Å². The van der Waals surface area contributed by atoms with E-state index in [2.05, 4.69) is 10.3 Å². The molecule has 0 bridgehead atoms. The summed E-state index contributed by atoms with van der Waals surface area (Å²) in [7, 11) is -3.33. The zero-order valence-electron chi connectivity index (χ0n) is 9.77. The highest BCUT2D eigenvalue weighted by molar-refractivity contribution is 7.90. The van der Waals surface area contributed by atoms with Crippen LogP contribution in [0.1, 0.15) is 5.69 Å². The van der Waals surface area contributed by atoms with Crippen LogP contribution in [-0.2, 0) is 16.4 Å². The summed E-state index contributed by atoms with van der Waals surface area (Å²) in [5.74, 6) is -0.478. The number of anilines is 1. The van der Waals surface area contributed by atoms with Gasteiger partial charge < -0.3 is 10.3 Å². The fraction of sp³-hybridized carbons (Fsp3) is 0.167. The molecule has 96 valence electrons. The number of sulfone groups is 1. The van der Waals surface area contributed by atoms with Gasteiger partial charge in [-0.3, -0.25) is 0 Å². The van der Waals surface area contributed by atoms with Crippen LogP contribution in [0.2, 0.25) is 0 Å². The molecule has 18 heavy (non-hydrogen) atoms. The average molecular weight is 268 g/mol. The van der Waals surface area contributed by atoms with E-state index in [1.165, 1.54) is 12.1 Å². The topological polar surface area (TPSA) is 62.0 Å². The van der Waals surface area contributed by atoms with Crippen LogP contribution in [0, 0.1) is 5.82 Å². The molecule has 0 radical (unpaired) electrons. The van der Waals surface area contributed by atoms with E-state index in [4.69, 9.17) is 0 Å². The molecule has 0 saturated carbocycles. The second kappa shape index (κ2) is 4.81. The summed E-state index contributed by atoms with van der Waals surface area (Å²) < 4.78 is 36.3. The molecule has 0 amide bonds. The molecule has 0 saturated heterocycles. The van der Waals surface area contributed by atoms with Crippen LogP contribution in [0.3, 0.4) is 0 Å². The molecule has 0 aliphatic heterocycles. The maximum Gasteiger partial charge on any atom is 0.175 e. The third-order valence-corrected chi connectivity index (χ3v) is 3.61. The van der Waals surface area contributed by atoms with Crippen LogP contribution in [-0.4, -0.2) is 19.7 Å². The van der Waals surface area contributed by atoms with Gasteiger partial charge in [-0.25, -0.2) is 12.8 Å². The molecule has 0 fully saturated rings. The van der Waals surface area contributed by atoms with E-state index in [9.17, 15) is 12.8 Å². The number of H-pyrrole nitrogens is 1. The standard InChI is InChI=1S/C12H13FN2O2S/c1-18(16,17)10-4-5-11(13)12(7-10)15-8-9-3-2-6-14-9/h2-7,14-15H,8H2,1H3. The molecule has 0 aliphatic rings. The Balaban J connectivity index is 2.22. The first-order chi connectivity index (χ1) is 8.47. The number of aromatic nitrogens is 1. The van der Waals surface area contributed by atoms with Crippen molar-refractivity contribution in [3.63, 3.8) is 0 Å². The smallest absolute Gasteiger partial charge is 0.175 e. The summed E-state index contributed by atoms with van der Waals surface area (Å²) in [4.78, 5) is 3.06. The molecule has 0 unspecified atom stereocenters. The maximum absolute atomic E-state index is 13.5. The lowest BCUT2D eigenvalue weighted by molar-refractivity contribution is 0.600. The SMILES string of the molecule is CS(=O)(=O)c1ccc(F)c(NCc2ccc[nH]2)c1. The molecular weight excluding hydrogens is 255 g/mol. The van der Waals surface area contributed by atoms with E-state index in [1.807, 2.05) is 12.1 Å². The Hall–Kier alpha value is -1.82. The molecule has 1 aromatic carbocycles. The van der Waals surface area contributed by atoms with Gasteiger partial charge in [-0.2, -0.15) is 0 Å². The summed E-state index contributed by atoms with van der Waals surface area (Å²) in [5, 5.41) is 2.86. The van der Waals surface area contributed by atoms with Crippen molar-refractivity contribution in [2.75, 3.05) is 11.6 Å². The number of benzene rings is 1. The van der Waals surface area contributed by atoms with Crippen molar-refractivity contribution in [2.24, 2.45) is 0 Å². The number of nitrogens with one attached hydrogen (secondary N) is 2. The molecule has 4 nitrogen and oxygen atoms in total. The highest BCUT2D eigenvalue weighted by Gasteiger charge is 2.10. The Morgan fingerprint density at radius 2 is 2.11 bits per heavy atom. The molecule has 0 spiro atoms. The predicted octanol–water partition coefficient (Wildman–Crippen LogP) is 2.17. The average Bonchev–Trinajstić information content (AvgIpc) is 2.79. The summed E-state index contributed by atoms with van der Waals surface area (Å²) >= 11 is 0. The van der Waals surface area contributed by atoms with E-state index in [0.29, 0.717) is 6.54 Å². The number of rotatable bonds is 4.